The fourth-order valence-electron chi connectivity index (χ4n) is 4.80. The van der Waals surface area contributed by atoms with Gasteiger partial charge in [0.15, 0.2) is 0 Å². The minimum Gasteiger partial charge on any atom is -0.246 e. The summed E-state index contributed by atoms with van der Waals surface area (Å²) < 4.78 is 2.63. The van der Waals surface area contributed by atoms with Crippen LogP contribution < -0.4 is 0 Å². The zero-order valence-corrected chi connectivity index (χ0v) is 16.5. The molecule has 0 spiro atoms. The van der Waals surface area contributed by atoms with Gasteiger partial charge in [-0.05, 0) is 36.5 Å². The van der Waals surface area contributed by atoms with Crippen molar-refractivity contribution in [2.24, 2.45) is 0 Å². The number of benzene rings is 3. The molecule has 0 atom stereocenters. The zero-order valence-electron chi connectivity index (χ0n) is 15.7. The number of nitrogens with zero attached hydrogens (tertiary/aromatic N) is 1. The Morgan fingerprint density at radius 3 is 2.29 bits per heavy atom. The molecule has 0 aliphatic heterocycles. The van der Waals surface area contributed by atoms with Gasteiger partial charge in [-0.15, -0.1) is 11.3 Å². The van der Waals surface area contributed by atoms with E-state index in [1.807, 2.05) is 11.3 Å². The minimum atomic E-state index is 0.753. The van der Waals surface area contributed by atoms with Gasteiger partial charge in [0.25, 0.3) is 0 Å². The van der Waals surface area contributed by atoms with Crippen LogP contribution in [0.15, 0.2) is 72.8 Å². The number of pyridine rings is 1. The third kappa shape index (κ3) is 2.48. The van der Waals surface area contributed by atoms with Crippen molar-refractivity contribution in [3.05, 3.63) is 78.4 Å². The highest BCUT2D eigenvalue weighted by Gasteiger charge is 2.18. The van der Waals surface area contributed by atoms with Crippen LogP contribution in [0.2, 0.25) is 0 Å². The van der Waals surface area contributed by atoms with Crippen molar-refractivity contribution >= 4 is 42.4 Å². The SMILES string of the molecule is c1ccc2c(c1)nc(-c1ccc(C3CCCC3)cc1)c1sc3ccccc3c12. The molecular weight excluding hydrogens is 358 g/mol. The molecule has 2 heterocycles. The first-order valence-corrected chi connectivity index (χ1v) is 11.0. The van der Waals surface area contributed by atoms with Crippen LogP contribution in [0.25, 0.3) is 42.3 Å². The van der Waals surface area contributed by atoms with Gasteiger partial charge in [-0.1, -0.05) is 73.5 Å². The predicted molar refractivity (Wildman–Crippen MR) is 121 cm³/mol. The summed E-state index contributed by atoms with van der Waals surface area (Å²) >= 11 is 1.86. The second-order valence-corrected chi connectivity index (χ2v) is 8.94. The molecule has 0 amide bonds. The molecule has 1 aliphatic rings. The number of hydrogen-bond donors (Lipinski definition) is 0. The fraction of sp³-hybridized carbons (Fsp3) is 0.192. The molecule has 0 saturated heterocycles. The van der Waals surface area contributed by atoms with Gasteiger partial charge < -0.3 is 0 Å². The molecular formula is C26H21NS. The number of thiophene rings is 1. The van der Waals surface area contributed by atoms with Crippen molar-refractivity contribution in [1.29, 1.82) is 0 Å². The third-order valence-corrected chi connectivity index (χ3v) is 7.40. The first-order chi connectivity index (χ1) is 13.9. The van der Waals surface area contributed by atoms with E-state index in [1.54, 1.807) is 0 Å². The molecule has 2 aromatic heterocycles. The molecule has 1 nitrogen and oxygen atoms in total. The van der Waals surface area contributed by atoms with Crippen molar-refractivity contribution in [2.45, 2.75) is 31.6 Å². The van der Waals surface area contributed by atoms with Gasteiger partial charge in [-0.3, -0.25) is 0 Å². The molecule has 1 aliphatic carbocycles. The maximum Gasteiger partial charge on any atom is 0.0888 e. The molecule has 0 unspecified atom stereocenters. The first-order valence-electron chi connectivity index (χ1n) is 10.2. The van der Waals surface area contributed by atoms with Crippen LogP contribution in [-0.2, 0) is 0 Å². The monoisotopic (exact) mass is 379 g/mol. The Morgan fingerprint density at radius 2 is 1.46 bits per heavy atom. The largest absolute Gasteiger partial charge is 0.246 e. The van der Waals surface area contributed by atoms with Crippen molar-refractivity contribution in [3.63, 3.8) is 0 Å². The maximum atomic E-state index is 5.11. The quantitative estimate of drug-likeness (QED) is 0.303. The highest BCUT2D eigenvalue weighted by Crippen LogP contribution is 2.43. The van der Waals surface area contributed by atoms with Gasteiger partial charge in [0, 0.05) is 26.4 Å². The lowest BCUT2D eigenvalue weighted by Gasteiger charge is -2.11. The summed E-state index contributed by atoms with van der Waals surface area (Å²) in [5, 5.41) is 3.94. The standard InChI is InChI=1S/C26H21NS/c1-2-8-17(7-1)18-13-15-19(16-14-18)25-26-24(20-9-3-5-11-22(20)27-25)21-10-4-6-12-23(21)28-26/h3-6,9-17H,1-2,7-8H2. The number of rotatable bonds is 2. The summed E-state index contributed by atoms with van der Waals surface area (Å²) in [6.45, 7) is 0. The Balaban J connectivity index is 1.61. The highest BCUT2D eigenvalue weighted by atomic mass is 32.1. The Bertz CT molecular complexity index is 1310. The van der Waals surface area contributed by atoms with E-state index in [9.17, 15) is 0 Å². The van der Waals surface area contributed by atoms with E-state index < -0.39 is 0 Å². The van der Waals surface area contributed by atoms with E-state index in [0.29, 0.717) is 0 Å². The molecule has 28 heavy (non-hydrogen) atoms. The summed E-state index contributed by atoms with van der Waals surface area (Å²) in [6, 6.07) is 26.5. The van der Waals surface area contributed by atoms with E-state index in [1.165, 1.54) is 62.4 Å². The summed E-state index contributed by atoms with van der Waals surface area (Å²) in [5.74, 6) is 0.753. The number of hydrogen-bond acceptors (Lipinski definition) is 2. The first kappa shape index (κ1) is 16.3. The zero-order chi connectivity index (χ0) is 18.5. The maximum absolute atomic E-state index is 5.11. The smallest absolute Gasteiger partial charge is 0.0888 e. The molecule has 0 radical (unpaired) electrons. The van der Waals surface area contributed by atoms with Crippen LogP contribution in [-0.4, -0.2) is 4.98 Å². The third-order valence-electron chi connectivity index (χ3n) is 6.23. The lowest BCUT2D eigenvalue weighted by atomic mass is 9.95. The Hall–Kier alpha value is -2.71. The highest BCUT2D eigenvalue weighted by molar-refractivity contribution is 7.26. The molecule has 0 N–H and O–H groups in total. The normalized spacial score (nSPS) is 15.1. The molecule has 1 saturated carbocycles. The molecule has 1 fully saturated rings. The lowest BCUT2D eigenvalue weighted by molar-refractivity contribution is 0.723. The summed E-state index contributed by atoms with van der Waals surface area (Å²) in [7, 11) is 0. The molecule has 3 aromatic carbocycles. The molecule has 5 aromatic rings. The van der Waals surface area contributed by atoms with Crippen LogP contribution in [0.4, 0.5) is 0 Å². The van der Waals surface area contributed by atoms with E-state index in [2.05, 4.69) is 72.8 Å². The second kappa shape index (κ2) is 6.42. The second-order valence-electron chi connectivity index (χ2n) is 7.88. The van der Waals surface area contributed by atoms with E-state index in [0.717, 1.165) is 17.1 Å². The minimum absolute atomic E-state index is 0.753. The average molecular weight is 380 g/mol. The molecule has 0 bridgehead atoms. The van der Waals surface area contributed by atoms with Crippen LogP contribution >= 0.6 is 11.3 Å². The van der Waals surface area contributed by atoms with Crippen molar-refractivity contribution in [1.82, 2.24) is 4.98 Å². The predicted octanol–water partition coefficient (Wildman–Crippen LogP) is 7.93. The topological polar surface area (TPSA) is 12.9 Å². The lowest BCUT2D eigenvalue weighted by Crippen LogP contribution is -1.92. The van der Waals surface area contributed by atoms with Crippen LogP contribution in [0.1, 0.15) is 37.2 Å². The van der Waals surface area contributed by atoms with Gasteiger partial charge >= 0.3 is 0 Å². The Morgan fingerprint density at radius 1 is 0.750 bits per heavy atom. The Labute approximate surface area is 168 Å². The molecule has 136 valence electrons. The Kier molecular flexibility index (Phi) is 3.73. The fourth-order valence-corrected chi connectivity index (χ4v) is 6.03. The van der Waals surface area contributed by atoms with Gasteiger partial charge in [-0.2, -0.15) is 0 Å². The van der Waals surface area contributed by atoms with Crippen molar-refractivity contribution in [3.8, 4) is 11.3 Å². The van der Waals surface area contributed by atoms with E-state index >= 15 is 0 Å². The van der Waals surface area contributed by atoms with Crippen LogP contribution in [0, 0.1) is 0 Å². The number of aromatic nitrogens is 1. The van der Waals surface area contributed by atoms with Gasteiger partial charge in [-0.25, -0.2) is 4.98 Å². The summed E-state index contributed by atoms with van der Waals surface area (Å²) in [6.07, 6.45) is 5.43. The average Bonchev–Trinajstić information content (AvgIpc) is 3.42. The van der Waals surface area contributed by atoms with Crippen LogP contribution in [0.3, 0.4) is 0 Å². The summed E-state index contributed by atoms with van der Waals surface area (Å²) in [5.41, 5.74) is 4.92. The van der Waals surface area contributed by atoms with Gasteiger partial charge in [0.2, 0.25) is 0 Å². The van der Waals surface area contributed by atoms with Gasteiger partial charge in [0.05, 0.1) is 15.9 Å². The number of para-hydroxylation sites is 1. The summed E-state index contributed by atoms with van der Waals surface area (Å²) in [4.78, 5) is 5.11. The van der Waals surface area contributed by atoms with Crippen LogP contribution in [0.5, 0.6) is 0 Å². The van der Waals surface area contributed by atoms with Crippen molar-refractivity contribution in [2.75, 3.05) is 0 Å². The van der Waals surface area contributed by atoms with Gasteiger partial charge in [0.1, 0.15) is 0 Å². The van der Waals surface area contributed by atoms with Crippen molar-refractivity contribution < 1.29 is 0 Å². The van der Waals surface area contributed by atoms with E-state index in [-0.39, 0.29) is 0 Å². The number of fused-ring (bicyclic) bond motifs is 5. The van der Waals surface area contributed by atoms with E-state index in [4.69, 9.17) is 4.98 Å². The molecule has 6 rings (SSSR count). The molecule has 2 heteroatoms.